The lowest BCUT2D eigenvalue weighted by molar-refractivity contribution is 0.469. The molecule has 0 spiro atoms. The summed E-state index contributed by atoms with van der Waals surface area (Å²) in [5, 5.41) is 16.1. The fourth-order valence-electron chi connectivity index (χ4n) is 2.22. The molecule has 0 aromatic heterocycles. The second kappa shape index (κ2) is 5.96. The molecule has 0 aliphatic carbocycles. The smallest absolute Gasteiger partial charge is 0.120 e. The Morgan fingerprint density at radius 2 is 1.71 bits per heavy atom. The van der Waals surface area contributed by atoms with Crippen LogP contribution in [0.25, 0.3) is 10.8 Å². The molecule has 3 rings (SSSR count). The van der Waals surface area contributed by atoms with Crippen molar-refractivity contribution in [2.75, 3.05) is 5.32 Å². The molecule has 0 fully saturated rings. The van der Waals surface area contributed by atoms with Crippen molar-refractivity contribution in [3.63, 3.8) is 0 Å². The molecule has 0 atom stereocenters. The van der Waals surface area contributed by atoms with E-state index in [9.17, 15) is 5.11 Å². The van der Waals surface area contributed by atoms with Gasteiger partial charge in [0.05, 0.1) is 0 Å². The topological polar surface area (TPSA) is 32.3 Å². The number of phenols is 1. The van der Waals surface area contributed by atoms with Gasteiger partial charge in [-0.15, -0.1) is 0 Å². The lowest BCUT2D eigenvalue weighted by atomic mass is 10.1. The molecular weight excluding hydrogens is 350 g/mol. The van der Waals surface area contributed by atoms with Crippen LogP contribution in [0.15, 0.2) is 59.1 Å². The molecule has 0 amide bonds. The van der Waals surface area contributed by atoms with Crippen LogP contribution in [0.3, 0.4) is 0 Å². The van der Waals surface area contributed by atoms with E-state index in [1.54, 1.807) is 18.2 Å². The van der Waals surface area contributed by atoms with Gasteiger partial charge in [-0.1, -0.05) is 39.7 Å². The Bertz CT molecular complexity index is 804. The number of nitrogens with one attached hydrogen (secondary N) is 1. The summed E-state index contributed by atoms with van der Waals surface area (Å²) in [5.41, 5.74) is 1.78. The molecule has 106 valence electrons. The predicted octanol–water partition coefficient (Wildman–Crippen LogP) is 5.57. The minimum atomic E-state index is 0.247. The second-order valence-electron chi connectivity index (χ2n) is 4.83. The Labute approximate surface area is 136 Å². The van der Waals surface area contributed by atoms with Gasteiger partial charge in [-0.2, -0.15) is 0 Å². The zero-order chi connectivity index (χ0) is 14.8. The molecule has 0 radical (unpaired) electrons. The monoisotopic (exact) mass is 361 g/mol. The van der Waals surface area contributed by atoms with Gasteiger partial charge in [0.1, 0.15) is 5.75 Å². The van der Waals surface area contributed by atoms with Crippen LogP contribution in [0.1, 0.15) is 5.56 Å². The summed E-state index contributed by atoms with van der Waals surface area (Å²) in [6.07, 6.45) is 0. The molecule has 0 aliphatic rings. The Kier molecular flexibility index (Phi) is 4.04. The van der Waals surface area contributed by atoms with Crippen molar-refractivity contribution in [2.45, 2.75) is 6.54 Å². The van der Waals surface area contributed by atoms with Crippen LogP contribution in [0, 0.1) is 0 Å². The Morgan fingerprint density at radius 1 is 0.952 bits per heavy atom. The van der Waals surface area contributed by atoms with Crippen LogP contribution < -0.4 is 5.32 Å². The van der Waals surface area contributed by atoms with Gasteiger partial charge in [-0.05, 0) is 53.2 Å². The van der Waals surface area contributed by atoms with Gasteiger partial charge in [0.15, 0.2) is 0 Å². The summed E-state index contributed by atoms with van der Waals surface area (Å²) < 4.78 is 1.07. The Morgan fingerprint density at radius 3 is 2.57 bits per heavy atom. The molecule has 4 heteroatoms. The number of anilines is 1. The van der Waals surface area contributed by atoms with Crippen molar-refractivity contribution >= 4 is 44.0 Å². The van der Waals surface area contributed by atoms with Crippen LogP contribution in [0.5, 0.6) is 5.75 Å². The van der Waals surface area contributed by atoms with E-state index in [0.29, 0.717) is 11.6 Å². The summed E-state index contributed by atoms with van der Waals surface area (Å²) in [5.74, 6) is 0.247. The molecule has 0 saturated heterocycles. The molecule has 2 N–H and O–H groups in total. The van der Waals surface area contributed by atoms with E-state index in [4.69, 9.17) is 11.6 Å². The van der Waals surface area contributed by atoms with Gasteiger partial charge in [-0.25, -0.2) is 0 Å². The van der Waals surface area contributed by atoms with Crippen LogP contribution >= 0.6 is 27.5 Å². The molecular formula is C17H13BrClNO. The van der Waals surface area contributed by atoms with Crippen molar-refractivity contribution < 1.29 is 5.11 Å². The number of fused-ring (bicyclic) bond motifs is 1. The highest BCUT2D eigenvalue weighted by atomic mass is 79.9. The first-order valence-electron chi connectivity index (χ1n) is 6.52. The standard InChI is InChI=1S/C17H13BrClNO/c18-14-3-1-12-9-16(5-2-11(12)7-14)20-10-13-8-15(19)4-6-17(13)21/h1-9,20-21H,10H2. The molecule has 3 aromatic carbocycles. The van der Waals surface area contributed by atoms with E-state index in [-0.39, 0.29) is 5.75 Å². The number of benzene rings is 3. The molecule has 0 aliphatic heterocycles. The summed E-state index contributed by atoms with van der Waals surface area (Å²) in [6.45, 7) is 0.522. The van der Waals surface area contributed by atoms with Gasteiger partial charge in [0.25, 0.3) is 0 Å². The van der Waals surface area contributed by atoms with E-state index in [1.807, 2.05) is 12.1 Å². The molecule has 0 heterocycles. The summed E-state index contributed by atoms with van der Waals surface area (Å²) >= 11 is 9.42. The van der Waals surface area contributed by atoms with Crippen molar-refractivity contribution in [3.05, 3.63) is 69.7 Å². The number of hydrogen-bond acceptors (Lipinski definition) is 2. The van der Waals surface area contributed by atoms with Gasteiger partial charge in [0.2, 0.25) is 0 Å². The van der Waals surface area contributed by atoms with Crippen molar-refractivity contribution in [3.8, 4) is 5.75 Å². The number of phenolic OH excluding ortho intramolecular Hbond substituents is 1. The number of rotatable bonds is 3. The molecule has 21 heavy (non-hydrogen) atoms. The van der Waals surface area contributed by atoms with Crippen molar-refractivity contribution in [1.29, 1.82) is 0 Å². The highest BCUT2D eigenvalue weighted by Crippen LogP contribution is 2.25. The number of hydrogen-bond donors (Lipinski definition) is 2. The quantitative estimate of drug-likeness (QED) is 0.638. The maximum Gasteiger partial charge on any atom is 0.120 e. The summed E-state index contributed by atoms with van der Waals surface area (Å²) in [7, 11) is 0. The zero-order valence-electron chi connectivity index (χ0n) is 11.1. The van der Waals surface area contributed by atoms with E-state index in [2.05, 4.69) is 45.5 Å². The van der Waals surface area contributed by atoms with Gasteiger partial charge in [-0.3, -0.25) is 0 Å². The lowest BCUT2D eigenvalue weighted by Crippen LogP contribution is -1.99. The van der Waals surface area contributed by atoms with E-state index < -0.39 is 0 Å². The first kappa shape index (κ1) is 14.2. The van der Waals surface area contributed by atoms with Crippen LogP contribution in [0.2, 0.25) is 5.02 Å². The predicted molar refractivity (Wildman–Crippen MR) is 92.1 cm³/mol. The largest absolute Gasteiger partial charge is 0.508 e. The van der Waals surface area contributed by atoms with Crippen molar-refractivity contribution in [1.82, 2.24) is 0 Å². The van der Waals surface area contributed by atoms with Gasteiger partial charge in [0, 0.05) is 27.3 Å². The highest BCUT2D eigenvalue weighted by molar-refractivity contribution is 9.10. The zero-order valence-corrected chi connectivity index (χ0v) is 13.4. The minimum Gasteiger partial charge on any atom is -0.508 e. The number of aromatic hydroxyl groups is 1. The fourth-order valence-corrected chi connectivity index (χ4v) is 2.79. The first-order valence-corrected chi connectivity index (χ1v) is 7.69. The maximum atomic E-state index is 9.81. The molecule has 0 bridgehead atoms. The van der Waals surface area contributed by atoms with E-state index >= 15 is 0 Å². The second-order valence-corrected chi connectivity index (χ2v) is 6.18. The van der Waals surface area contributed by atoms with Gasteiger partial charge < -0.3 is 10.4 Å². The SMILES string of the molecule is Oc1ccc(Cl)cc1CNc1ccc2cc(Br)ccc2c1. The van der Waals surface area contributed by atoms with Crippen molar-refractivity contribution in [2.24, 2.45) is 0 Å². The first-order chi connectivity index (χ1) is 10.1. The van der Waals surface area contributed by atoms with Gasteiger partial charge >= 0.3 is 0 Å². The third-order valence-electron chi connectivity index (χ3n) is 3.33. The normalized spacial score (nSPS) is 10.8. The molecule has 0 saturated carbocycles. The summed E-state index contributed by atoms with van der Waals surface area (Å²) in [6, 6.07) is 17.4. The van der Waals surface area contributed by atoms with E-state index in [0.717, 1.165) is 15.7 Å². The van der Waals surface area contributed by atoms with Crippen LogP contribution in [-0.4, -0.2) is 5.11 Å². The average Bonchev–Trinajstić information content (AvgIpc) is 2.48. The minimum absolute atomic E-state index is 0.247. The Balaban J connectivity index is 1.82. The molecule has 2 nitrogen and oxygen atoms in total. The fraction of sp³-hybridized carbons (Fsp3) is 0.0588. The third-order valence-corrected chi connectivity index (χ3v) is 4.06. The highest BCUT2D eigenvalue weighted by Gasteiger charge is 2.03. The van der Waals surface area contributed by atoms with Crippen LogP contribution in [-0.2, 0) is 6.54 Å². The van der Waals surface area contributed by atoms with E-state index in [1.165, 1.54) is 10.8 Å². The summed E-state index contributed by atoms with van der Waals surface area (Å²) in [4.78, 5) is 0. The lowest BCUT2D eigenvalue weighted by Gasteiger charge is -2.10. The third kappa shape index (κ3) is 3.31. The molecule has 3 aromatic rings. The Hall–Kier alpha value is -1.71. The van der Waals surface area contributed by atoms with Crippen LogP contribution in [0.4, 0.5) is 5.69 Å². The molecule has 0 unspecified atom stereocenters. The number of halogens is 2. The average molecular weight is 363 g/mol. The maximum absolute atomic E-state index is 9.81.